The van der Waals surface area contributed by atoms with Gasteiger partial charge in [-0.05, 0) is 19.8 Å². The third-order valence-electron chi connectivity index (χ3n) is 2.86. The third-order valence-corrected chi connectivity index (χ3v) is 2.86. The molecule has 1 aliphatic heterocycles. The highest BCUT2D eigenvalue weighted by atomic mass is 16.5. The van der Waals surface area contributed by atoms with E-state index in [2.05, 4.69) is 5.32 Å². The van der Waals surface area contributed by atoms with Crippen molar-refractivity contribution < 1.29 is 14.6 Å². The predicted octanol–water partition coefficient (Wildman–Crippen LogP) is 0.864. The quantitative estimate of drug-likeness (QED) is 0.708. The van der Waals surface area contributed by atoms with Gasteiger partial charge in [-0.15, -0.1) is 0 Å². The highest BCUT2D eigenvalue weighted by Gasteiger charge is 2.23. The Morgan fingerprint density at radius 2 is 2.00 bits per heavy atom. The average molecular weight is 201 g/mol. The molecule has 1 heterocycles. The minimum atomic E-state index is -0.739. The van der Waals surface area contributed by atoms with Gasteiger partial charge in [-0.2, -0.15) is 0 Å². The van der Waals surface area contributed by atoms with E-state index in [9.17, 15) is 4.79 Å². The molecule has 2 atom stereocenters. The number of aliphatic carboxylic acids is 1. The van der Waals surface area contributed by atoms with Crippen molar-refractivity contribution in [3.05, 3.63) is 0 Å². The van der Waals surface area contributed by atoms with Crippen LogP contribution in [0.1, 0.15) is 26.7 Å². The molecule has 14 heavy (non-hydrogen) atoms. The van der Waals surface area contributed by atoms with Crippen LogP contribution in [-0.4, -0.2) is 36.4 Å². The standard InChI is InChI=1S/C10H19NO3/c1-7(10(12)13)8(2)11-9-3-5-14-6-4-9/h7-9,11H,3-6H2,1-2H3,(H,12,13). The molecule has 0 aromatic carbocycles. The van der Waals surface area contributed by atoms with Crippen LogP contribution >= 0.6 is 0 Å². The molecule has 0 aromatic rings. The van der Waals surface area contributed by atoms with Gasteiger partial charge in [-0.25, -0.2) is 0 Å². The van der Waals surface area contributed by atoms with E-state index in [1.165, 1.54) is 0 Å². The molecule has 0 saturated carbocycles. The van der Waals surface area contributed by atoms with Gasteiger partial charge in [0.05, 0.1) is 5.92 Å². The van der Waals surface area contributed by atoms with Gasteiger partial charge in [0.25, 0.3) is 0 Å². The van der Waals surface area contributed by atoms with Crippen molar-refractivity contribution >= 4 is 5.97 Å². The molecule has 4 nitrogen and oxygen atoms in total. The van der Waals surface area contributed by atoms with Crippen LogP contribution in [0.4, 0.5) is 0 Å². The first-order valence-corrected chi connectivity index (χ1v) is 5.18. The Balaban J connectivity index is 2.31. The van der Waals surface area contributed by atoms with Crippen molar-refractivity contribution in [2.24, 2.45) is 5.92 Å². The maximum atomic E-state index is 10.7. The first kappa shape index (κ1) is 11.5. The van der Waals surface area contributed by atoms with Crippen molar-refractivity contribution in [2.45, 2.75) is 38.8 Å². The number of hydrogen-bond donors (Lipinski definition) is 2. The SMILES string of the molecule is CC(NC1CCOCC1)C(C)C(=O)O. The van der Waals surface area contributed by atoms with Crippen LogP contribution in [0, 0.1) is 5.92 Å². The minimum absolute atomic E-state index is 0.0237. The van der Waals surface area contributed by atoms with E-state index >= 15 is 0 Å². The summed E-state index contributed by atoms with van der Waals surface area (Å²) in [7, 11) is 0. The summed E-state index contributed by atoms with van der Waals surface area (Å²) in [6.45, 7) is 5.23. The summed E-state index contributed by atoms with van der Waals surface area (Å²) in [6, 6.07) is 0.441. The monoisotopic (exact) mass is 201 g/mol. The Hall–Kier alpha value is -0.610. The van der Waals surface area contributed by atoms with Crippen molar-refractivity contribution in [1.82, 2.24) is 5.32 Å². The van der Waals surface area contributed by atoms with Gasteiger partial charge in [0.2, 0.25) is 0 Å². The van der Waals surface area contributed by atoms with Crippen LogP contribution in [0.3, 0.4) is 0 Å². The van der Waals surface area contributed by atoms with Crippen molar-refractivity contribution in [1.29, 1.82) is 0 Å². The molecule has 1 aliphatic rings. The molecule has 1 fully saturated rings. The van der Waals surface area contributed by atoms with Gasteiger partial charge >= 0.3 is 5.97 Å². The lowest BCUT2D eigenvalue weighted by atomic mass is 10.0. The molecule has 82 valence electrons. The fourth-order valence-electron chi connectivity index (χ4n) is 1.59. The van der Waals surface area contributed by atoms with Crippen LogP contribution in [0.25, 0.3) is 0 Å². The van der Waals surface area contributed by atoms with Crippen LogP contribution in [0.15, 0.2) is 0 Å². The third kappa shape index (κ3) is 3.27. The summed E-state index contributed by atoms with van der Waals surface area (Å²) < 4.78 is 5.23. The number of ether oxygens (including phenoxy) is 1. The summed E-state index contributed by atoms with van der Waals surface area (Å²) in [4.78, 5) is 10.7. The van der Waals surface area contributed by atoms with E-state index in [4.69, 9.17) is 9.84 Å². The molecule has 0 spiro atoms. The second-order valence-electron chi connectivity index (χ2n) is 3.97. The molecule has 0 radical (unpaired) electrons. The molecule has 0 amide bonds. The summed E-state index contributed by atoms with van der Waals surface area (Å²) in [5.74, 6) is -1.07. The first-order chi connectivity index (χ1) is 6.61. The van der Waals surface area contributed by atoms with E-state index in [-0.39, 0.29) is 12.0 Å². The van der Waals surface area contributed by atoms with Crippen molar-refractivity contribution in [3.8, 4) is 0 Å². The fraction of sp³-hybridized carbons (Fsp3) is 0.900. The smallest absolute Gasteiger partial charge is 0.307 e. The van der Waals surface area contributed by atoms with E-state index in [1.54, 1.807) is 6.92 Å². The van der Waals surface area contributed by atoms with E-state index in [0.717, 1.165) is 26.1 Å². The second-order valence-corrected chi connectivity index (χ2v) is 3.97. The van der Waals surface area contributed by atoms with Gasteiger partial charge < -0.3 is 15.2 Å². The van der Waals surface area contributed by atoms with Gasteiger partial charge in [0.1, 0.15) is 0 Å². The molecule has 2 N–H and O–H groups in total. The van der Waals surface area contributed by atoms with Crippen LogP contribution in [0.5, 0.6) is 0 Å². The van der Waals surface area contributed by atoms with Crippen LogP contribution < -0.4 is 5.32 Å². The average Bonchev–Trinajstić information content (AvgIpc) is 2.18. The molecule has 2 unspecified atom stereocenters. The van der Waals surface area contributed by atoms with Crippen LogP contribution in [0.2, 0.25) is 0 Å². The lowest BCUT2D eigenvalue weighted by Gasteiger charge is -2.28. The van der Waals surface area contributed by atoms with Crippen molar-refractivity contribution in [3.63, 3.8) is 0 Å². The second kappa shape index (κ2) is 5.32. The summed E-state index contributed by atoms with van der Waals surface area (Å²) >= 11 is 0. The number of carboxylic acids is 1. The lowest BCUT2D eigenvalue weighted by molar-refractivity contribution is -0.142. The van der Waals surface area contributed by atoms with Gasteiger partial charge in [-0.3, -0.25) is 4.79 Å². The van der Waals surface area contributed by atoms with Crippen molar-refractivity contribution in [2.75, 3.05) is 13.2 Å². The Labute approximate surface area is 84.6 Å². The topological polar surface area (TPSA) is 58.6 Å². The van der Waals surface area contributed by atoms with E-state index in [1.807, 2.05) is 6.92 Å². The Bertz CT molecular complexity index is 190. The molecule has 0 aliphatic carbocycles. The zero-order chi connectivity index (χ0) is 10.6. The zero-order valence-electron chi connectivity index (χ0n) is 8.82. The largest absolute Gasteiger partial charge is 0.481 e. The van der Waals surface area contributed by atoms with Gasteiger partial charge in [0.15, 0.2) is 0 Å². The molecule has 1 saturated heterocycles. The zero-order valence-corrected chi connectivity index (χ0v) is 8.82. The summed E-state index contributed by atoms with van der Waals surface area (Å²) in [6.07, 6.45) is 1.97. The van der Waals surface area contributed by atoms with Gasteiger partial charge in [-0.1, -0.05) is 6.92 Å². The fourth-order valence-corrected chi connectivity index (χ4v) is 1.59. The maximum Gasteiger partial charge on any atom is 0.307 e. The molecule has 4 heteroatoms. The normalized spacial score (nSPS) is 23.0. The van der Waals surface area contributed by atoms with Crippen LogP contribution in [-0.2, 0) is 9.53 Å². The summed E-state index contributed by atoms with van der Waals surface area (Å²) in [5, 5.41) is 12.2. The van der Waals surface area contributed by atoms with E-state index < -0.39 is 5.97 Å². The minimum Gasteiger partial charge on any atom is -0.481 e. The number of carboxylic acid groups (broad SMARTS) is 1. The molecular weight excluding hydrogens is 182 g/mol. The predicted molar refractivity (Wildman–Crippen MR) is 53.2 cm³/mol. The molecular formula is C10H19NO3. The van der Waals surface area contributed by atoms with E-state index in [0.29, 0.717) is 6.04 Å². The lowest BCUT2D eigenvalue weighted by Crippen LogP contribution is -2.44. The number of hydrogen-bond acceptors (Lipinski definition) is 3. The highest BCUT2D eigenvalue weighted by molar-refractivity contribution is 5.70. The Kier molecular flexibility index (Phi) is 4.35. The number of rotatable bonds is 4. The molecule has 0 aromatic heterocycles. The first-order valence-electron chi connectivity index (χ1n) is 5.18. The number of carbonyl (C=O) groups is 1. The Morgan fingerprint density at radius 3 is 2.50 bits per heavy atom. The number of nitrogens with one attached hydrogen (secondary N) is 1. The van der Waals surface area contributed by atoms with Gasteiger partial charge in [0, 0.05) is 25.3 Å². The maximum absolute atomic E-state index is 10.7. The highest BCUT2D eigenvalue weighted by Crippen LogP contribution is 2.10. The molecule has 1 rings (SSSR count). The molecule has 0 bridgehead atoms. The Morgan fingerprint density at radius 1 is 1.43 bits per heavy atom. The summed E-state index contributed by atoms with van der Waals surface area (Å²) in [5.41, 5.74) is 0.